The third-order valence-electron chi connectivity index (χ3n) is 2.88. The Kier molecular flexibility index (Phi) is 4.93. The zero-order valence-corrected chi connectivity index (χ0v) is 13.9. The average Bonchev–Trinajstić information content (AvgIpc) is 2.80. The van der Waals surface area contributed by atoms with Gasteiger partial charge in [-0.3, -0.25) is 0 Å². The van der Waals surface area contributed by atoms with Gasteiger partial charge < -0.3 is 5.32 Å². The molecule has 2 aromatic rings. The van der Waals surface area contributed by atoms with Crippen molar-refractivity contribution in [1.29, 1.82) is 0 Å². The van der Waals surface area contributed by atoms with E-state index in [1.165, 1.54) is 0 Å². The van der Waals surface area contributed by atoms with Gasteiger partial charge in [0.25, 0.3) is 0 Å². The Hall–Kier alpha value is -0.940. The minimum atomic E-state index is 0.869. The van der Waals surface area contributed by atoms with E-state index in [1.54, 1.807) is 11.3 Å². The number of rotatable bonds is 5. The molecule has 0 unspecified atom stereocenters. The SMILES string of the molecule is CCCc1nc(NCC)c(C)c(-c2cscc2Br)n1. The fourth-order valence-electron chi connectivity index (χ4n) is 1.95. The summed E-state index contributed by atoms with van der Waals surface area (Å²) >= 11 is 5.27. The molecule has 5 heteroatoms. The van der Waals surface area contributed by atoms with E-state index in [2.05, 4.69) is 57.8 Å². The minimum absolute atomic E-state index is 0.869. The maximum Gasteiger partial charge on any atom is 0.133 e. The van der Waals surface area contributed by atoms with Crippen molar-refractivity contribution in [3.05, 3.63) is 26.6 Å². The lowest BCUT2D eigenvalue weighted by molar-refractivity contribution is 0.833. The zero-order chi connectivity index (χ0) is 13.8. The fraction of sp³-hybridized carbons (Fsp3) is 0.429. The molecule has 0 amide bonds. The highest BCUT2D eigenvalue weighted by Crippen LogP contribution is 2.34. The number of aryl methyl sites for hydroxylation is 1. The van der Waals surface area contributed by atoms with Gasteiger partial charge in [-0.15, -0.1) is 0 Å². The molecule has 0 saturated heterocycles. The predicted octanol–water partition coefficient (Wildman–Crippen LogP) is 4.66. The number of hydrogen-bond acceptors (Lipinski definition) is 4. The summed E-state index contributed by atoms with van der Waals surface area (Å²) in [6.07, 6.45) is 1.96. The van der Waals surface area contributed by atoms with Gasteiger partial charge in [0.2, 0.25) is 0 Å². The van der Waals surface area contributed by atoms with Gasteiger partial charge in [0.1, 0.15) is 11.6 Å². The maximum atomic E-state index is 4.73. The van der Waals surface area contributed by atoms with E-state index in [4.69, 9.17) is 4.98 Å². The molecule has 0 aliphatic carbocycles. The molecule has 102 valence electrons. The molecule has 19 heavy (non-hydrogen) atoms. The summed E-state index contributed by atoms with van der Waals surface area (Å²) in [4.78, 5) is 9.35. The number of anilines is 1. The normalized spacial score (nSPS) is 10.7. The van der Waals surface area contributed by atoms with Gasteiger partial charge in [0, 0.05) is 39.3 Å². The quantitative estimate of drug-likeness (QED) is 0.860. The van der Waals surface area contributed by atoms with Gasteiger partial charge in [-0.05, 0) is 36.2 Å². The molecule has 0 spiro atoms. The van der Waals surface area contributed by atoms with E-state index in [1.807, 2.05) is 0 Å². The van der Waals surface area contributed by atoms with E-state index >= 15 is 0 Å². The van der Waals surface area contributed by atoms with Crippen LogP contribution in [0.25, 0.3) is 11.3 Å². The van der Waals surface area contributed by atoms with Crippen LogP contribution < -0.4 is 5.32 Å². The molecule has 0 atom stereocenters. The molecule has 0 bridgehead atoms. The van der Waals surface area contributed by atoms with Crippen molar-refractivity contribution in [1.82, 2.24) is 9.97 Å². The average molecular weight is 340 g/mol. The highest BCUT2D eigenvalue weighted by atomic mass is 79.9. The van der Waals surface area contributed by atoms with Gasteiger partial charge in [-0.1, -0.05) is 6.92 Å². The summed E-state index contributed by atoms with van der Waals surface area (Å²) < 4.78 is 1.10. The first kappa shape index (κ1) is 14.5. The molecular weight excluding hydrogens is 322 g/mol. The standard InChI is InChI=1S/C14H18BrN3S/c1-4-6-12-17-13(10-7-19-8-11(10)15)9(3)14(18-12)16-5-2/h7-8H,4-6H2,1-3H3,(H,16,17,18). The van der Waals surface area contributed by atoms with Crippen molar-refractivity contribution in [3.8, 4) is 11.3 Å². The molecule has 2 heterocycles. The molecular formula is C14H18BrN3S. The van der Waals surface area contributed by atoms with Gasteiger partial charge in [0.05, 0.1) is 5.69 Å². The van der Waals surface area contributed by atoms with Crippen LogP contribution in [0, 0.1) is 6.92 Å². The van der Waals surface area contributed by atoms with Crippen molar-refractivity contribution < 1.29 is 0 Å². The van der Waals surface area contributed by atoms with Gasteiger partial charge in [-0.2, -0.15) is 11.3 Å². The zero-order valence-electron chi connectivity index (χ0n) is 11.5. The fourth-order valence-corrected chi connectivity index (χ4v) is 3.42. The van der Waals surface area contributed by atoms with Crippen LogP contribution in [0.15, 0.2) is 15.2 Å². The molecule has 2 aromatic heterocycles. The summed E-state index contributed by atoms with van der Waals surface area (Å²) in [7, 11) is 0. The van der Waals surface area contributed by atoms with Crippen LogP contribution >= 0.6 is 27.3 Å². The van der Waals surface area contributed by atoms with E-state index in [0.29, 0.717) is 0 Å². The van der Waals surface area contributed by atoms with Crippen molar-refractivity contribution in [2.75, 3.05) is 11.9 Å². The van der Waals surface area contributed by atoms with Crippen LogP contribution in [0.3, 0.4) is 0 Å². The van der Waals surface area contributed by atoms with Gasteiger partial charge in [0.15, 0.2) is 0 Å². The number of nitrogens with zero attached hydrogens (tertiary/aromatic N) is 2. The topological polar surface area (TPSA) is 37.8 Å². The summed E-state index contributed by atoms with van der Waals surface area (Å²) in [5.41, 5.74) is 3.30. The van der Waals surface area contributed by atoms with Crippen molar-refractivity contribution in [2.24, 2.45) is 0 Å². The molecule has 3 nitrogen and oxygen atoms in total. The Bertz CT molecular complexity index is 566. The molecule has 0 radical (unpaired) electrons. The van der Waals surface area contributed by atoms with E-state index in [0.717, 1.165) is 52.3 Å². The number of thiophene rings is 1. The number of hydrogen-bond donors (Lipinski definition) is 1. The lowest BCUT2D eigenvalue weighted by Gasteiger charge is -2.13. The smallest absolute Gasteiger partial charge is 0.133 e. The highest BCUT2D eigenvalue weighted by Gasteiger charge is 2.14. The van der Waals surface area contributed by atoms with Crippen molar-refractivity contribution in [3.63, 3.8) is 0 Å². The maximum absolute atomic E-state index is 4.73. The van der Waals surface area contributed by atoms with Crippen LogP contribution in [0.1, 0.15) is 31.7 Å². The number of nitrogens with one attached hydrogen (secondary N) is 1. The van der Waals surface area contributed by atoms with Crippen molar-refractivity contribution in [2.45, 2.75) is 33.6 Å². The molecule has 0 aromatic carbocycles. The second kappa shape index (κ2) is 6.48. The van der Waals surface area contributed by atoms with E-state index in [9.17, 15) is 0 Å². The minimum Gasteiger partial charge on any atom is -0.370 e. The predicted molar refractivity (Wildman–Crippen MR) is 85.9 cm³/mol. The second-order valence-corrected chi connectivity index (χ2v) is 5.97. The lowest BCUT2D eigenvalue weighted by atomic mass is 10.1. The van der Waals surface area contributed by atoms with Crippen LogP contribution in [0.5, 0.6) is 0 Å². The first-order valence-electron chi connectivity index (χ1n) is 6.50. The van der Waals surface area contributed by atoms with Gasteiger partial charge >= 0.3 is 0 Å². The van der Waals surface area contributed by atoms with Crippen molar-refractivity contribution >= 4 is 33.1 Å². The summed E-state index contributed by atoms with van der Waals surface area (Å²) in [6.45, 7) is 7.18. The molecule has 0 aliphatic heterocycles. The van der Waals surface area contributed by atoms with Crippen LogP contribution in [-0.4, -0.2) is 16.5 Å². The Labute approximate surface area is 126 Å². The number of halogens is 1. The van der Waals surface area contributed by atoms with Crippen LogP contribution in [0.4, 0.5) is 5.82 Å². The largest absolute Gasteiger partial charge is 0.370 e. The van der Waals surface area contributed by atoms with Crippen LogP contribution in [-0.2, 0) is 6.42 Å². The summed E-state index contributed by atoms with van der Waals surface area (Å²) in [6, 6.07) is 0. The molecule has 1 N–H and O–H groups in total. The second-order valence-electron chi connectivity index (χ2n) is 4.38. The van der Waals surface area contributed by atoms with E-state index in [-0.39, 0.29) is 0 Å². The Morgan fingerprint density at radius 2 is 2.05 bits per heavy atom. The van der Waals surface area contributed by atoms with Gasteiger partial charge in [-0.25, -0.2) is 9.97 Å². The first-order valence-corrected chi connectivity index (χ1v) is 8.24. The summed E-state index contributed by atoms with van der Waals surface area (Å²) in [5.74, 6) is 1.87. The number of aromatic nitrogens is 2. The molecule has 0 aliphatic rings. The first-order chi connectivity index (χ1) is 9.17. The van der Waals surface area contributed by atoms with Crippen LogP contribution in [0.2, 0.25) is 0 Å². The van der Waals surface area contributed by atoms with E-state index < -0.39 is 0 Å². The monoisotopic (exact) mass is 339 g/mol. The molecule has 2 rings (SSSR count). The third kappa shape index (κ3) is 3.15. The lowest BCUT2D eigenvalue weighted by Crippen LogP contribution is -2.07. The Morgan fingerprint density at radius 3 is 2.63 bits per heavy atom. The Morgan fingerprint density at radius 1 is 1.26 bits per heavy atom. The highest BCUT2D eigenvalue weighted by molar-refractivity contribution is 9.10. The molecule has 0 saturated carbocycles. The third-order valence-corrected chi connectivity index (χ3v) is 4.58. The Balaban J connectivity index is 2.55. The summed E-state index contributed by atoms with van der Waals surface area (Å²) in [5, 5.41) is 7.55. The molecule has 0 fully saturated rings.